The minimum absolute atomic E-state index is 0.390. The molecular formula is C8H16N2O. The van der Waals surface area contributed by atoms with Gasteiger partial charge in [-0.3, -0.25) is 4.79 Å². The number of primary amides is 1. The lowest BCUT2D eigenvalue weighted by atomic mass is 10.1. The second kappa shape index (κ2) is 4.77. The zero-order valence-corrected chi connectivity index (χ0v) is 7.18. The first-order valence-corrected chi connectivity index (χ1v) is 3.84. The molecule has 0 saturated heterocycles. The third kappa shape index (κ3) is 3.65. The molecule has 0 unspecified atom stereocenters. The van der Waals surface area contributed by atoms with Crippen molar-refractivity contribution in [1.29, 1.82) is 0 Å². The molecule has 0 fully saturated rings. The van der Waals surface area contributed by atoms with Crippen molar-refractivity contribution in [2.75, 3.05) is 0 Å². The van der Waals surface area contributed by atoms with Crippen LogP contribution >= 0.6 is 0 Å². The summed E-state index contributed by atoms with van der Waals surface area (Å²) >= 11 is 0. The number of hydrogen-bond acceptors (Lipinski definition) is 2. The lowest BCUT2D eigenvalue weighted by Crippen LogP contribution is -2.17. The van der Waals surface area contributed by atoms with Gasteiger partial charge in [-0.05, 0) is 19.8 Å². The summed E-state index contributed by atoms with van der Waals surface area (Å²) in [5, 5.41) is 0. The van der Waals surface area contributed by atoms with Gasteiger partial charge in [0.25, 0.3) is 0 Å². The van der Waals surface area contributed by atoms with Crippen LogP contribution in [-0.4, -0.2) is 5.91 Å². The van der Waals surface area contributed by atoms with E-state index in [1.54, 1.807) is 6.92 Å². The lowest BCUT2D eigenvalue weighted by molar-refractivity contribution is -0.114. The number of carbonyl (C=O) groups excluding carboxylic acids is 1. The van der Waals surface area contributed by atoms with Crippen LogP contribution in [-0.2, 0) is 4.79 Å². The Balaban J connectivity index is 4.14. The Morgan fingerprint density at radius 3 is 2.18 bits per heavy atom. The zero-order valence-electron chi connectivity index (χ0n) is 7.18. The molecular weight excluding hydrogens is 140 g/mol. The summed E-state index contributed by atoms with van der Waals surface area (Å²) in [6.07, 6.45) is 2.71. The number of amides is 1. The average Bonchev–Trinajstić information content (AvgIpc) is 1.87. The van der Waals surface area contributed by atoms with Gasteiger partial charge in [-0.1, -0.05) is 13.3 Å². The molecule has 64 valence electrons. The number of carbonyl (C=O) groups is 1. The average molecular weight is 156 g/mol. The highest BCUT2D eigenvalue weighted by Gasteiger charge is 2.05. The molecule has 0 aliphatic rings. The van der Waals surface area contributed by atoms with Crippen molar-refractivity contribution in [3.05, 3.63) is 11.3 Å². The fourth-order valence-electron chi connectivity index (χ4n) is 0.868. The van der Waals surface area contributed by atoms with Gasteiger partial charge in [0.05, 0.1) is 0 Å². The van der Waals surface area contributed by atoms with Crippen LogP contribution in [0.1, 0.15) is 33.1 Å². The smallest absolute Gasteiger partial charge is 0.246 e. The van der Waals surface area contributed by atoms with Gasteiger partial charge in [0.1, 0.15) is 0 Å². The minimum Gasteiger partial charge on any atom is -0.402 e. The van der Waals surface area contributed by atoms with Crippen molar-refractivity contribution < 1.29 is 4.79 Å². The van der Waals surface area contributed by atoms with Crippen LogP contribution in [0.3, 0.4) is 0 Å². The molecule has 0 heterocycles. The second-order valence-corrected chi connectivity index (χ2v) is 2.63. The van der Waals surface area contributed by atoms with E-state index in [-0.39, 0.29) is 0 Å². The molecule has 0 aromatic rings. The summed E-state index contributed by atoms with van der Waals surface area (Å²) in [6.45, 7) is 3.76. The molecule has 3 nitrogen and oxygen atoms in total. The van der Waals surface area contributed by atoms with E-state index in [1.807, 2.05) is 0 Å². The molecule has 0 aromatic carbocycles. The van der Waals surface area contributed by atoms with Gasteiger partial charge in [-0.25, -0.2) is 0 Å². The molecule has 0 spiro atoms. The predicted molar refractivity (Wildman–Crippen MR) is 45.6 cm³/mol. The quantitative estimate of drug-likeness (QED) is 0.593. The monoisotopic (exact) mass is 156 g/mol. The molecule has 0 aliphatic heterocycles. The Labute approximate surface area is 67.4 Å². The van der Waals surface area contributed by atoms with Crippen molar-refractivity contribution in [1.82, 2.24) is 0 Å². The van der Waals surface area contributed by atoms with Gasteiger partial charge in [-0.15, -0.1) is 0 Å². The van der Waals surface area contributed by atoms with Gasteiger partial charge in [0.2, 0.25) is 5.91 Å². The molecule has 0 bridgehead atoms. The molecule has 4 N–H and O–H groups in total. The van der Waals surface area contributed by atoms with Crippen LogP contribution in [0, 0.1) is 0 Å². The molecule has 0 aliphatic carbocycles. The van der Waals surface area contributed by atoms with Crippen molar-refractivity contribution >= 4 is 5.91 Å². The third-order valence-corrected chi connectivity index (χ3v) is 1.55. The van der Waals surface area contributed by atoms with E-state index < -0.39 is 5.91 Å². The first kappa shape index (κ1) is 10.0. The van der Waals surface area contributed by atoms with E-state index in [0.717, 1.165) is 12.8 Å². The first-order valence-electron chi connectivity index (χ1n) is 3.84. The molecule has 0 aromatic heterocycles. The number of nitrogens with two attached hydrogens (primary N) is 2. The Bertz CT molecular complexity index is 169. The first-order chi connectivity index (χ1) is 5.09. The standard InChI is InChI=1S/C8H16N2O/c1-3-4-5-7(6(2)9)8(10)11/h3-5,9H2,1-2H3,(H2,10,11)/b7-6-. The minimum atomic E-state index is -0.390. The summed E-state index contributed by atoms with van der Waals surface area (Å²) in [7, 11) is 0. The van der Waals surface area contributed by atoms with E-state index in [0.29, 0.717) is 17.7 Å². The van der Waals surface area contributed by atoms with Gasteiger partial charge in [-0.2, -0.15) is 0 Å². The SMILES string of the molecule is CCCC/C(C(N)=O)=C(\C)N. The highest BCUT2D eigenvalue weighted by molar-refractivity contribution is 5.92. The maximum atomic E-state index is 10.7. The topological polar surface area (TPSA) is 69.1 Å². The van der Waals surface area contributed by atoms with Gasteiger partial charge in [0, 0.05) is 11.3 Å². The van der Waals surface area contributed by atoms with Crippen LogP contribution in [0.5, 0.6) is 0 Å². The number of unbranched alkanes of at least 4 members (excludes halogenated alkanes) is 1. The summed E-state index contributed by atoms with van der Waals surface area (Å²) in [4.78, 5) is 10.7. The highest BCUT2D eigenvalue weighted by Crippen LogP contribution is 2.08. The lowest BCUT2D eigenvalue weighted by Gasteiger charge is -2.03. The van der Waals surface area contributed by atoms with Crippen LogP contribution in [0.4, 0.5) is 0 Å². The van der Waals surface area contributed by atoms with Crippen molar-refractivity contribution in [3.8, 4) is 0 Å². The predicted octanol–water partition coefficient (Wildman–Crippen LogP) is 0.895. The largest absolute Gasteiger partial charge is 0.402 e. The van der Waals surface area contributed by atoms with E-state index in [1.165, 1.54) is 0 Å². The van der Waals surface area contributed by atoms with Crippen molar-refractivity contribution in [3.63, 3.8) is 0 Å². The van der Waals surface area contributed by atoms with Gasteiger partial charge < -0.3 is 11.5 Å². The Kier molecular flexibility index (Phi) is 4.34. The number of allylic oxidation sites excluding steroid dienone is 1. The van der Waals surface area contributed by atoms with Crippen LogP contribution in [0.25, 0.3) is 0 Å². The third-order valence-electron chi connectivity index (χ3n) is 1.55. The van der Waals surface area contributed by atoms with E-state index in [4.69, 9.17) is 11.5 Å². The fraction of sp³-hybridized carbons (Fsp3) is 0.625. The molecule has 0 radical (unpaired) electrons. The Morgan fingerprint density at radius 2 is 1.91 bits per heavy atom. The summed E-state index contributed by atoms with van der Waals surface area (Å²) in [5.41, 5.74) is 11.7. The Hall–Kier alpha value is -0.990. The summed E-state index contributed by atoms with van der Waals surface area (Å²) in [6, 6.07) is 0. The number of rotatable bonds is 4. The zero-order chi connectivity index (χ0) is 8.85. The molecule has 11 heavy (non-hydrogen) atoms. The normalized spacial score (nSPS) is 12.5. The van der Waals surface area contributed by atoms with Crippen LogP contribution in [0.2, 0.25) is 0 Å². The molecule has 0 atom stereocenters. The summed E-state index contributed by atoms with van der Waals surface area (Å²) < 4.78 is 0. The molecule has 0 rings (SSSR count). The highest BCUT2D eigenvalue weighted by atomic mass is 16.1. The molecule has 1 amide bonds. The van der Waals surface area contributed by atoms with Crippen LogP contribution < -0.4 is 11.5 Å². The maximum absolute atomic E-state index is 10.7. The van der Waals surface area contributed by atoms with Crippen molar-refractivity contribution in [2.24, 2.45) is 11.5 Å². The molecule has 3 heteroatoms. The van der Waals surface area contributed by atoms with E-state index in [9.17, 15) is 4.79 Å². The molecule has 0 saturated carbocycles. The van der Waals surface area contributed by atoms with Gasteiger partial charge >= 0.3 is 0 Å². The second-order valence-electron chi connectivity index (χ2n) is 2.63. The van der Waals surface area contributed by atoms with Gasteiger partial charge in [0.15, 0.2) is 0 Å². The van der Waals surface area contributed by atoms with Crippen LogP contribution in [0.15, 0.2) is 11.3 Å². The number of hydrogen-bond donors (Lipinski definition) is 2. The van der Waals surface area contributed by atoms with E-state index in [2.05, 4.69) is 6.92 Å². The van der Waals surface area contributed by atoms with E-state index >= 15 is 0 Å². The maximum Gasteiger partial charge on any atom is 0.246 e. The van der Waals surface area contributed by atoms with Crippen molar-refractivity contribution in [2.45, 2.75) is 33.1 Å². The Morgan fingerprint density at radius 1 is 1.36 bits per heavy atom. The summed E-state index contributed by atoms with van der Waals surface area (Å²) in [5.74, 6) is -0.390. The fourth-order valence-corrected chi connectivity index (χ4v) is 0.868.